The van der Waals surface area contributed by atoms with E-state index in [1.165, 1.54) is 12.4 Å². The van der Waals surface area contributed by atoms with Gasteiger partial charge in [-0.25, -0.2) is 14.8 Å². The van der Waals surface area contributed by atoms with Crippen molar-refractivity contribution < 1.29 is 14.6 Å². The van der Waals surface area contributed by atoms with Gasteiger partial charge in [-0.15, -0.1) is 0 Å². The van der Waals surface area contributed by atoms with Crippen molar-refractivity contribution in [2.24, 2.45) is 0 Å². The van der Waals surface area contributed by atoms with Crippen molar-refractivity contribution in [2.75, 3.05) is 5.32 Å². The minimum Gasteiger partial charge on any atom is -0.476 e. The summed E-state index contributed by atoms with van der Waals surface area (Å²) >= 11 is 0. The monoisotopic (exact) mass is 235 g/mol. The van der Waals surface area contributed by atoms with Crippen LogP contribution in [-0.4, -0.2) is 39.3 Å². The summed E-state index contributed by atoms with van der Waals surface area (Å²) in [5.74, 6) is -0.455. The average Bonchev–Trinajstić information content (AvgIpc) is 2.91. The first-order valence-corrected chi connectivity index (χ1v) is 5.70. The molecule has 0 saturated carbocycles. The zero-order chi connectivity index (χ0) is 11.8. The van der Waals surface area contributed by atoms with Crippen molar-refractivity contribution in [3.05, 3.63) is 18.1 Å². The van der Waals surface area contributed by atoms with Crippen LogP contribution in [0.15, 0.2) is 12.4 Å². The first-order chi connectivity index (χ1) is 8.22. The van der Waals surface area contributed by atoms with E-state index in [0.29, 0.717) is 11.9 Å². The van der Waals surface area contributed by atoms with Crippen LogP contribution >= 0.6 is 0 Å². The van der Waals surface area contributed by atoms with Gasteiger partial charge in [-0.2, -0.15) is 0 Å². The molecule has 2 saturated heterocycles. The molecular formula is C11H13N3O3. The standard InChI is InChI=1S/C11H13N3O3/c15-11(16)8-4-13-10(5-12-8)14-7-3-6-1-2-9(7)17-6/h4-7,9H,1-3H2,(H,13,14)(H,15,16). The lowest BCUT2D eigenvalue weighted by atomic mass is 9.95. The number of aromatic carboxylic acids is 1. The van der Waals surface area contributed by atoms with E-state index in [-0.39, 0.29) is 17.8 Å². The molecule has 90 valence electrons. The summed E-state index contributed by atoms with van der Waals surface area (Å²) in [7, 11) is 0. The zero-order valence-corrected chi connectivity index (χ0v) is 9.17. The minimum atomic E-state index is -1.06. The van der Waals surface area contributed by atoms with E-state index >= 15 is 0 Å². The third kappa shape index (κ3) is 1.95. The number of nitrogens with zero attached hydrogens (tertiary/aromatic N) is 2. The van der Waals surface area contributed by atoms with Crippen LogP contribution in [0.3, 0.4) is 0 Å². The van der Waals surface area contributed by atoms with Gasteiger partial charge in [0, 0.05) is 0 Å². The van der Waals surface area contributed by atoms with E-state index in [4.69, 9.17) is 9.84 Å². The highest BCUT2D eigenvalue weighted by atomic mass is 16.5. The Kier molecular flexibility index (Phi) is 2.44. The molecule has 3 heterocycles. The fourth-order valence-electron chi connectivity index (χ4n) is 2.49. The highest BCUT2D eigenvalue weighted by molar-refractivity contribution is 5.84. The normalized spacial score (nSPS) is 30.5. The molecule has 2 aliphatic heterocycles. The van der Waals surface area contributed by atoms with E-state index < -0.39 is 5.97 Å². The molecule has 6 nitrogen and oxygen atoms in total. The number of anilines is 1. The second-order valence-corrected chi connectivity index (χ2v) is 4.45. The van der Waals surface area contributed by atoms with Gasteiger partial charge in [-0.1, -0.05) is 0 Å². The number of ether oxygens (including phenoxy) is 1. The predicted molar refractivity (Wildman–Crippen MR) is 58.9 cm³/mol. The van der Waals surface area contributed by atoms with E-state index in [2.05, 4.69) is 15.3 Å². The summed E-state index contributed by atoms with van der Waals surface area (Å²) in [6.45, 7) is 0. The van der Waals surface area contributed by atoms with Gasteiger partial charge in [-0.3, -0.25) is 0 Å². The number of aromatic nitrogens is 2. The number of nitrogens with one attached hydrogen (secondary N) is 1. The molecule has 2 fully saturated rings. The second kappa shape index (κ2) is 3.96. The number of carboxylic acid groups (broad SMARTS) is 1. The number of carboxylic acids is 1. The Morgan fingerprint density at radius 3 is 2.82 bits per heavy atom. The van der Waals surface area contributed by atoms with Gasteiger partial charge < -0.3 is 15.2 Å². The van der Waals surface area contributed by atoms with E-state index in [1.807, 2.05) is 0 Å². The number of carbonyl (C=O) groups is 1. The first kappa shape index (κ1) is 10.5. The number of hydrogen-bond acceptors (Lipinski definition) is 5. The molecule has 0 amide bonds. The molecule has 6 heteroatoms. The van der Waals surface area contributed by atoms with Gasteiger partial charge in [0.2, 0.25) is 0 Å². The maximum atomic E-state index is 10.6. The largest absolute Gasteiger partial charge is 0.476 e. The Morgan fingerprint density at radius 1 is 1.41 bits per heavy atom. The van der Waals surface area contributed by atoms with Crippen molar-refractivity contribution in [3.63, 3.8) is 0 Å². The van der Waals surface area contributed by atoms with E-state index in [9.17, 15) is 4.79 Å². The third-order valence-corrected chi connectivity index (χ3v) is 3.31. The van der Waals surface area contributed by atoms with Crippen molar-refractivity contribution in [3.8, 4) is 0 Å². The Morgan fingerprint density at radius 2 is 2.29 bits per heavy atom. The van der Waals surface area contributed by atoms with Crippen LogP contribution in [0, 0.1) is 0 Å². The quantitative estimate of drug-likeness (QED) is 0.810. The highest BCUT2D eigenvalue weighted by Crippen LogP contribution is 2.35. The van der Waals surface area contributed by atoms with Crippen molar-refractivity contribution in [1.82, 2.24) is 9.97 Å². The molecule has 3 rings (SSSR count). The van der Waals surface area contributed by atoms with Gasteiger partial charge in [0.15, 0.2) is 5.69 Å². The topological polar surface area (TPSA) is 84.3 Å². The summed E-state index contributed by atoms with van der Waals surface area (Å²) in [6, 6.07) is 0.277. The van der Waals surface area contributed by atoms with Crippen molar-refractivity contribution >= 4 is 11.8 Å². The molecule has 0 aliphatic carbocycles. The molecular weight excluding hydrogens is 222 g/mol. The lowest BCUT2D eigenvalue weighted by Gasteiger charge is -2.20. The SMILES string of the molecule is O=C(O)c1cnc(NC2CC3CCC2O3)cn1. The van der Waals surface area contributed by atoms with Crippen LogP contribution in [0.2, 0.25) is 0 Å². The number of hydrogen-bond donors (Lipinski definition) is 2. The Hall–Kier alpha value is -1.69. The third-order valence-electron chi connectivity index (χ3n) is 3.31. The molecule has 0 spiro atoms. The summed E-state index contributed by atoms with van der Waals surface area (Å²) in [5.41, 5.74) is -0.0419. The zero-order valence-electron chi connectivity index (χ0n) is 9.17. The van der Waals surface area contributed by atoms with Crippen molar-refractivity contribution in [1.29, 1.82) is 0 Å². The van der Waals surface area contributed by atoms with Crippen LogP contribution in [-0.2, 0) is 4.74 Å². The highest BCUT2D eigenvalue weighted by Gasteiger charge is 2.40. The lowest BCUT2D eigenvalue weighted by molar-refractivity contribution is 0.0690. The smallest absolute Gasteiger partial charge is 0.356 e. The van der Waals surface area contributed by atoms with Crippen LogP contribution in [0.25, 0.3) is 0 Å². The van der Waals surface area contributed by atoms with Crippen LogP contribution in [0.4, 0.5) is 5.82 Å². The molecule has 17 heavy (non-hydrogen) atoms. The number of rotatable bonds is 3. The Labute approximate surface area is 98.0 Å². The van der Waals surface area contributed by atoms with E-state index in [0.717, 1.165) is 19.3 Å². The average molecular weight is 235 g/mol. The van der Waals surface area contributed by atoms with Crippen LogP contribution in [0.5, 0.6) is 0 Å². The molecule has 0 radical (unpaired) electrons. The fraction of sp³-hybridized carbons (Fsp3) is 0.545. The van der Waals surface area contributed by atoms with Gasteiger partial charge >= 0.3 is 5.97 Å². The summed E-state index contributed by atoms with van der Waals surface area (Å²) in [4.78, 5) is 18.5. The molecule has 3 unspecified atom stereocenters. The molecule has 2 aliphatic rings. The summed E-state index contributed by atoms with van der Waals surface area (Å²) < 4.78 is 5.71. The Bertz CT molecular complexity index is 434. The van der Waals surface area contributed by atoms with E-state index in [1.54, 1.807) is 0 Å². The maximum Gasteiger partial charge on any atom is 0.356 e. The first-order valence-electron chi connectivity index (χ1n) is 5.70. The van der Waals surface area contributed by atoms with Crippen LogP contribution < -0.4 is 5.32 Å². The number of fused-ring (bicyclic) bond motifs is 2. The minimum absolute atomic E-state index is 0.0419. The molecule has 3 atom stereocenters. The van der Waals surface area contributed by atoms with Crippen LogP contribution in [0.1, 0.15) is 29.8 Å². The second-order valence-electron chi connectivity index (χ2n) is 4.45. The molecule has 2 bridgehead atoms. The summed E-state index contributed by atoms with van der Waals surface area (Å²) in [5, 5.41) is 11.9. The summed E-state index contributed by atoms with van der Waals surface area (Å²) in [6.07, 6.45) is 6.58. The van der Waals surface area contributed by atoms with Gasteiger partial charge in [0.25, 0.3) is 0 Å². The molecule has 0 aromatic carbocycles. The van der Waals surface area contributed by atoms with Gasteiger partial charge in [-0.05, 0) is 19.3 Å². The fourth-order valence-corrected chi connectivity index (χ4v) is 2.49. The molecule has 2 N–H and O–H groups in total. The predicted octanol–water partition coefficient (Wildman–Crippen LogP) is 0.907. The Balaban J connectivity index is 1.67. The maximum absolute atomic E-state index is 10.6. The van der Waals surface area contributed by atoms with Gasteiger partial charge in [0.1, 0.15) is 5.82 Å². The molecule has 1 aromatic heterocycles. The van der Waals surface area contributed by atoms with Crippen molar-refractivity contribution in [2.45, 2.75) is 37.5 Å². The lowest BCUT2D eigenvalue weighted by Crippen LogP contribution is -2.30. The molecule has 1 aromatic rings. The van der Waals surface area contributed by atoms with Gasteiger partial charge in [0.05, 0.1) is 30.6 Å².